The minimum atomic E-state index is 0.377. The summed E-state index contributed by atoms with van der Waals surface area (Å²) in [6.45, 7) is 2.18. The van der Waals surface area contributed by atoms with Crippen LogP contribution >= 0.6 is 0 Å². The summed E-state index contributed by atoms with van der Waals surface area (Å²) in [5, 5.41) is 3.80. The largest absolute Gasteiger partial charge is 0.378 e. The molecule has 0 amide bonds. The molecule has 1 heterocycles. The molecule has 1 heteroatoms. The number of benzene rings is 2. The van der Waals surface area contributed by atoms with Crippen molar-refractivity contribution < 1.29 is 0 Å². The van der Waals surface area contributed by atoms with Gasteiger partial charge in [-0.05, 0) is 42.9 Å². The molecule has 0 saturated heterocycles. The van der Waals surface area contributed by atoms with Gasteiger partial charge >= 0.3 is 0 Å². The zero-order valence-electron chi connectivity index (χ0n) is 14.8. The molecule has 0 aromatic heterocycles. The van der Waals surface area contributed by atoms with E-state index in [0.717, 1.165) is 12.8 Å². The highest BCUT2D eigenvalue weighted by Gasteiger charge is 2.25. The molecule has 2 aromatic rings. The highest BCUT2D eigenvalue weighted by atomic mass is 14.9. The van der Waals surface area contributed by atoms with Crippen LogP contribution < -0.4 is 5.32 Å². The average Bonchev–Trinajstić information content (AvgIpc) is 2.69. The van der Waals surface area contributed by atoms with Crippen molar-refractivity contribution in [3.05, 3.63) is 101 Å². The zero-order valence-corrected chi connectivity index (χ0v) is 14.8. The van der Waals surface area contributed by atoms with Gasteiger partial charge in [0.15, 0.2) is 0 Å². The van der Waals surface area contributed by atoms with Gasteiger partial charge in [-0.3, -0.25) is 0 Å². The third kappa shape index (κ3) is 3.61. The van der Waals surface area contributed by atoms with Crippen molar-refractivity contribution in [3.8, 4) is 0 Å². The molecule has 1 aliphatic heterocycles. The number of nitrogens with one attached hydrogen (secondary N) is 1. The molecule has 0 saturated carbocycles. The first-order valence-corrected chi connectivity index (χ1v) is 9.26. The number of rotatable bonds is 3. The van der Waals surface area contributed by atoms with E-state index in [2.05, 4.69) is 91.1 Å². The third-order valence-corrected chi connectivity index (χ3v) is 5.17. The fraction of sp³-hybridized carbons (Fsp3) is 0.250. The third-order valence-electron chi connectivity index (χ3n) is 5.17. The van der Waals surface area contributed by atoms with E-state index in [9.17, 15) is 0 Å². The van der Waals surface area contributed by atoms with Crippen LogP contribution in [0.4, 0.5) is 0 Å². The Kier molecular flexibility index (Phi) is 4.56. The van der Waals surface area contributed by atoms with Crippen molar-refractivity contribution in [2.24, 2.45) is 0 Å². The normalized spacial score (nSPS) is 22.8. The molecule has 4 rings (SSSR count). The molecule has 0 radical (unpaired) electrons. The maximum atomic E-state index is 3.80. The second-order valence-electron chi connectivity index (χ2n) is 7.08. The van der Waals surface area contributed by atoms with Crippen LogP contribution in [0.3, 0.4) is 0 Å². The van der Waals surface area contributed by atoms with Crippen LogP contribution in [0.2, 0.25) is 0 Å². The van der Waals surface area contributed by atoms with Gasteiger partial charge in [0.25, 0.3) is 0 Å². The first-order valence-electron chi connectivity index (χ1n) is 9.26. The number of allylic oxidation sites excluding steroid dienone is 3. The second-order valence-corrected chi connectivity index (χ2v) is 7.08. The Bertz CT molecular complexity index is 826. The van der Waals surface area contributed by atoms with E-state index >= 15 is 0 Å². The molecule has 2 aromatic carbocycles. The molecule has 0 bridgehead atoms. The molecule has 0 fully saturated rings. The first-order chi connectivity index (χ1) is 12.3. The predicted molar refractivity (Wildman–Crippen MR) is 106 cm³/mol. The fourth-order valence-corrected chi connectivity index (χ4v) is 3.86. The van der Waals surface area contributed by atoms with E-state index in [1.807, 2.05) is 0 Å². The van der Waals surface area contributed by atoms with Crippen molar-refractivity contribution in [1.29, 1.82) is 0 Å². The van der Waals surface area contributed by atoms with Crippen LogP contribution in [-0.4, -0.2) is 6.04 Å². The minimum absolute atomic E-state index is 0.377. The van der Waals surface area contributed by atoms with Gasteiger partial charge in [0.2, 0.25) is 0 Å². The van der Waals surface area contributed by atoms with Gasteiger partial charge < -0.3 is 5.32 Å². The standard InChI is InChI=1S/C24H25N/c1-18-9-8-14-21(15-18)22-16-23(19-10-4-2-5-11-19)25-24(17-22)20-12-6-3-7-13-20/h2,4-6,8-16,22,24-25H,3,7,17H2,1H3. The van der Waals surface area contributed by atoms with Gasteiger partial charge in [0.05, 0.1) is 6.04 Å². The number of aryl methyl sites for hydroxylation is 1. The summed E-state index contributed by atoms with van der Waals surface area (Å²) in [6, 6.07) is 20.0. The Morgan fingerprint density at radius 3 is 2.60 bits per heavy atom. The quantitative estimate of drug-likeness (QED) is 0.756. The SMILES string of the molecule is Cc1cccc(C2C=C(c3ccccc3)NC(C3=CCCC=C3)C2)c1. The number of hydrogen-bond donors (Lipinski definition) is 1. The molecule has 0 spiro atoms. The Labute approximate surface area is 150 Å². The van der Waals surface area contributed by atoms with Crippen molar-refractivity contribution >= 4 is 5.70 Å². The van der Waals surface area contributed by atoms with Gasteiger partial charge in [-0.1, -0.05) is 84.5 Å². The lowest BCUT2D eigenvalue weighted by atomic mass is 9.83. The Hall–Kier alpha value is -2.54. The Morgan fingerprint density at radius 2 is 1.84 bits per heavy atom. The van der Waals surface area contributed by atoms with E-state index in [0.29, 0.717) is 12.0 Å². The van der Waals surface area contributed by atoms with Gasteiger partial charge in [0.1, 0.15) is 0 Å². The van der Waals surface area contributed by atoms with Crippen molar-refractivity contribution in [3.63, 3.8) is 0 Å². The summed E-state index contributed by atoms with van der Waals surface area (Å²) >= 11 is 0. The van der Waals surface area contributed by atoms with Crippen molar-refractivity contribution in [2.75, 3.05) is 0 Å². The minimum Gasteiger partial charge on any atom is -0.378 e. The first kappa shape index (κ1) is 16.0. The Morgan fingerprint density at radius 1 is 0.960 bits per heavy atom. The lowest BCUT2D eigenvalue weighted by Crippen LogP contribution is -2.34. The highest BCUT2D eigenvalue weighted by Crippen LogP contribution is 2.34. The molecule has 1 nitrogen and oxygen atoms in total. The fourth-order valence-electron chi connectivity index (χ4n) is 3.86. The number of hydrogen-bond acceptors (Lipinski definition) is 1. The summed E-state index contributed by atoms with van der Waals surface area (Å²) < 4.78 is 0. The summed E-state index contributed by atoms with van der Waals surface area (Å²) in [6.07, 6.45) is 12.9. The summed E-state index contributed by atoms with van der Waals surface area (Å²) in [4.78, 5) is 0. The lowest BCUT2D eigenvalue weighted by Gasteiger charge is -2.33. The maximum Gasteiger partial charge on any atom is 0.0519 e. The molecule has 2 unspecified atom stereocenters. The highest BCUT2D eigenvalue weighted by molar-refractivity contribution is 5.67. The van der Waals surface area contributed by atoms with Crippen LogP contribution in [0.25, 0.3) is 5.70 Å². The van der Waals surface area contributed by atoms with E-state index in [-0.39, 0.29) is 0 Å². The van der Waals surface area contributed by atoms with Crippen molar-refractivity contribution in [2.45, 2.75) is 38.1 Å². The van der Waals surface area contributed by atoms with E-state index in [1.165, 1.54) is 34.4 Å². The van der Waals surface area contributed by atoms with Gasteiger partial charge in [-0.25, -0.2) is 0 Å². The molecule has 126 valence electrons. The molecule has 2 aliphatic rings. The smallest absolute Gasteiger partial charge is 0.0519 e. The second kappa shape index (κ2) is 7.14. The molecule has 25 heavy (non-hydrogen) atoms. The Balaban J connectivity index is 1.71. The zero-order chi connectivity index (χ0) is 17.1. The molecular weight excluding hydrogens is 302 g/mol. The van der Waals surface area contributed by atoms with Gasteiger partial charge in [-0.2, -0.15) is 0 Å². The average molecular weight is 327 g/mol. The van der Waals surface area contributed by atoms with E-state index in [1.54, 1.807) is 0 Å². The topological polar surface area (TPSA) is 12.0 Å². The molecule has 1 aliphatic carbocycles. The predicted octanol–water partition coefficient (Wildman–Crippen LogP) is 5.76. The van der Waals surface area contributed by atoms with E-state index < -0.39 is 0 Å². The molecule has 1 N–H and O–H groups in total. The van der Waals surface area contributed by atoms with Crippen molar-refractivity contribution in [1.82, 2.24) is 5.32 Å². The van der Waals surface area contributed by atoms with Gasteiger partial charge in [-0.15, -0.1) is 0 Å². The van der Waals surface area contributed by atoms with E-state index in [4.69, 9.17) is 0 Å². The van der Waals surface area contributed by atoms with Crippen LogP contribution in [0.15, 0.2) is 84.5 Å². The summed E-state index contributed by atoms with van der Waals surface area (Å²) in [5.74, 6) is 0.442. The monoisotopic (exact) mass is 327 g/mol. The van der Waals surface area contributed by atoms with Gasteiger partial charge in [0, 0.05) is 11.6 Å². The molecular formula is C24H25N. The van der Waals surface area contributed by atoms with Crippen LogP contribution in [0.1, 0.15) is 41.9 Å². The van der Waals surface area contributed by atoms with Crippen LogP contribution in [-0.2, 0) is 0 Å². The lowest BCUT2D eigenvalue weighted by molar-refractivity contribution is 0.563. The molecule has 2 atom stereocenters. The summed E-state index contributed by atoms with van der Waals surface area (Å²) in [7, 11) is 0. The van der Waals surface area contributed by atoms with Crippen LogP contribution in [0, 0.1) is 6.92 Å². The van der Waals surface area contributed by atoms with Crippen LogP contribution in [0.5, 0.6) is 0 Å². The maximum absolute atomic E-state index is 3.80. The summed E-state index contributed by atoms with van der Waals surface area (Å²) in [5.41, 5.74) is 6.71.